The topological polar surface area (TPSA) is 21.1 Å². The summed E-state index contributed by atoms with van der Waals surface area (Å²) in [6.45, 7) is 3.30. The van der Waals surface area contributed by atoms with Crippen LogP contribution in [0.2, 0.25) is 10.0 Å². The van der Waals surface area contributed by atoms with Crippen molar-refractivity contribution in [3.05, 3.63) is 106 Å². The highest BCUT2D eigenvalue weighted by atomic mass is 35.5. The first-order valence-electron chi connectivity index (χ1n) is 11.5. The Morgan fingerprint density at radius 3 is 2.09 bits per heavy atom. The van der Waals surface area contributed by atoms with Crippen LogP contribution in [-0.2, 0) is 6.42 Å². The van der Waals surface area contributed by atoms with Gasteiger partial charge >= 0.3 is 0 Å². The van der Waals surface area contributed by atoms with Crippen LogP contribution in [0.5, 0.6) is 0 Å². The Bertz CT molecular complexity index is 1180. The molecule has 1 saturated heterocycles. The van der Waals surface area contributed by atoms with Gasteiger partial charge in [0.25, 0.3) is 0 Å². The van der Waals surface area contributed by atoms with Gasteiger partial charge in [0.2, 0.25) is 0 Å². The summed E-state index contributed by atoms with van der Waals surface area (Å²) in [5.41, 5.74) is 5.84. The minimum absolute atomic E-state index is 0.491. The van der Waals surface area contributed by atoms with E-state index in [9.17, 15) is 0 Å². The molecule has 0 unspecified atom stereocenters. The number of benzene rings is 3. The van der Waals surface area contributed by atoms with Crippen molar-refractivity contribution in [1.29, 1.82) is 0 Å². The third kappa shape index (κ3) is 5.33. The predicted octanol–water partition coefficient (Wildman–Crippen LogP) is 7.27. The van der Waals surface area contributed by atoms with E-state index in [2.05, 4.69) is 52.0 Å². The van der Waals surface area contributed by atoms with Crippen molar-refractivity contribution in [3.8, 4) is 16.9 Å². The molecular formula is C28H27Cl2N3. The van der Waals surface area contributed by atoms with Gasteiger partial charge in [-0.1, -0.05) is 65.7 Å². The van der Waals surface area contributed by atoms with Crippen molar-refractivity contribution in [2.45, 2.75) is 25.2 Å². The van der Waals surface area contributed by atoms with Gasteiger partial charge in [-0.15, -0.1) is 0 Å². The molecule has 3 aromatic carbocycles. The van der Waals surface area contributed by atoms with Crippen LogP contribution in [0.1, 0.15) is 30.0 Å². The maximum absolute atomic E-state index is 6.10. The van der Waals surface area contributed by atoms with Crippen molar-refractivity contribution < 1.29 is 0 Å². The zero-order valence-corrected chi connectivity index (χ0v) is 20.0. The fourth-order valence-electron chi connectivity index (χ4n) is 4.61. The Balaban J connectivity index is 1.32. The number of likely N-dealkylation sites (tertiary alicyclic amines) is 1. The molecule has 1 aromatic heterocycles. The molecule has 0 spiro atoms. The van der Waals surface area contributed by atoms with E-state index in [4.69, 9.17) is 28.3 Å². The van der Waals surface area contributed by atoms with Crippen molar-refractivity contribution in [1.82, 2.24) is 14.7 Å². The van der Waals surface area contributed by atoms with Gasteiger partial charge in [-0.2, -0.15) is 5.10 Å². The van der Waals surface area contributed by atoms with Gasteiger partial charge in [-0.05, 0) is 80.4 Å². The smallest absolute Gasteiger partial charge is 0.0930 e. The Morgan fingerprint density at radius 1 is 0.788 bits per heavy atom. The van der Waals surface area contributed by atoms with Crippen LogP contribution < -0.4 is 0 Å². The highest BCUT2D eigenvalue weighted by Crippen LogP contribution is 2.33. The van der Waals surface area contributed by atoms with Crippen molar-refractivity contribution in [3.63, 3.8) is 0 Å². The molecule has 5 rings (SSSR count). The second kappa shape index (κ2) is 10.1. The predicted molar refractivity (Wildman–Crippen MR) is 138 cm³/mol. The Labute approximate surface area is 205 Å². The summed E-state index contributed by atoms with van der Waals surface area (Å²) in [6.07, 6.45) is 3.34. The molecule has 1 aliphatic heterocycles. The molecule has 3 nitrogen and oxygen atoms in total. The molecule has 0 radical (unpaired) electrons. The third-order valence-corrected chi connectivity index (χ3v) is 7.02. The lowest BCUT2D eigenvalue weighted by atomic mass is 9.92. The average molecular weight is 476 g/mol. The zero-order chi connectivity index (χ0) is 22.6. The number of halogens is 2. The van der Waals surface area contributed by atoms with Crippen LogP contribution >= 0.6 is 23.2 Å². The third-order valence-electron chi connectivity index (χ3n) is 6.51. The number of hydrogen-bond acceptors (Lipinski definition) is 2. The standard InChI is InChI=1S/C28H27Cl2N3/c29-24-10-6-21(7-11-24)14-17-32-18-15-23(16-19-32)28-20-27(22-8-12-25(30)13-9-22)31-33(28)26-4-2-1-3-5-26/h1-13,20,23H,14-19H2. The fourth-order valence-corrected chi connectivity index (χ4v) is 4.87. The Kier molecular flexibility index (Phi) is 6.82. The lowest BCUT2D eigenvalue weighted by Gasteiger charge is -2.32. The molecule has 0 atom stereocenters. The number of nitrogens with zero attached hydrogens (tertiary/aromatic N) is 3. The first-order chi connectivity index (χ1) is 16.2. The summed E-state index contributed by atoms with van der Waals surface area (Å²) in [5.74, 6) is 0.491. The summed E-state index contributed by atoms with van der Waals surface area (Å²) in [6, 6.07) is 28.9. The van der Waals surface area contributed by atoms with Gasteiger partial charge < -0.3 is 4.90 Å². The van der Waals surface area contributed by atoms with E-state index in [1.807, 2.05) is 42.5 Å². The molecule has 2 heterocycles. The fraction of sp³-hybridized carbons (Fsp3) is 0.250. The highest BCUT2D eigenvalue weighted by Gasteiger charge is 2.25. The van der Waals surface area contributed by atoms with E-state index >= 15 is 0 Å². The van der Waals surface area contributed by atoms with Crippen LogP contribution in [0.4, 0.5) is 0 Å². The SMILES string of the molecule is Clc1ccc(CCN2CCC(c3cc(-c4ccc(Cl)cc4)nn3-c3ccccc3)CC2)cc1. The van der Waals surface area contributed by atoms with Crippen LogP contribution in [0.15, 0.2) is 84.9 Å². The van der Waals surface area contributed by atoms with Crippen molar-refractivity contribution in [2.75, 3.05) is 19.6 Å². The second-order valence-electron chi connectivity index (χ2n) is 8.70. The summed E-state index contributed by atoms with van der Waals surface area (Å²) >= 11 is 12.1. The van der Waals surface area contributed by atoms with Gasteiger partial charge in [-0.3, -0.25) is 0 Å². The summed E-state index contributed by atoms with van der Waals surface area (Å²) in [7, 11) is 0. The van der Waals surface area contributed by atoms with Crippen molar-refractivity contribution in [2.24, 2.45) is 0 Å². The molecule has 5 heteroatoms. The van der Waals surface area contributed by atoms with Gasteiger partial charge in [0, 0.05) is 33.8 Å². The monoisotopic (exact) mass is 475 g/mol. The minimum atomic E-state index is 0.491. The molecule has 0 bridgehead atoms. The molecule has 4 aromatic rings. The van der Waals surface area contributed by atoms with Crippen LogP contribution in [0.3, 0.4) is 0 Å². The molecular weight excluding hydrogens is 449 g/mol. The number of aromatic nitrogens is 2. The van der Waals surface area contributed by atoms with Gasteiger partial charge in [-0.25, -0.2) is 4.68 Å². The Hall–Kier alpha value is -2.59. The van der Waals surface area contributed by atoms with E-state index in [0.29, 0.717) is 5.92 Å². The van der Waals surface area contributed by atoms with Crippen molar-refractivity contribution >= 4 is 23.2 Å². The van der Waals surface area contributed by atoms with Crippen LogP contribution in [0.25, 0.3) is 16.9 Å². The largest absolute Gasteiger partial charge is 0.303 e. The summed E-state index contributed by atoms with van der Waals surface area (Å²) in [5, 5.41) is 6.55. The lowest BCUT2D eigenvalue weighted by Crippen LogP contribution is -2.35. The van der Waals surface area contributed by atoms with Crippen LogP contribution in [-0.4, -0.2) is 34.3 Å². The summed E-state index contributed by atoms with van der Waals surface area (Å²) in [4.78, 5) is 2.58. The summed E-state index contributed by atoms with van der Waals surface area (Å²) < 4.78 is 2.14. The normalized spacial score (nSPS) is 15.1. The number of hydrogen-bond donors (Lipinski definition) is 0. The Morgan fingerprint density at radius 2 is 1.42 bits per heavy atom. The van der Waals surface area contributed by atoms with E-state index in [1.54, 1.807) is 0 Å². The first-order valence-corrected chi connectivity index (χ1v) is 12.3. The van der Waals surface area contributed by atoms with E-state index in [-0.39, 0.29) is 0 Å². The molecule has 0 aliphatic carbocycles. The minimum Gasteiger partial charge on any atom is -0.303 e. The lowest BCUT2D eigenvalue weighted by molar-refractivity contribution is 0.212. The molecule has 0 saturated carbocycles. The van der Waals surface area contributed by atoms with Gasteiger partial charge in [0.05, 0.1) is 11.4 Å². The quantitative estimate of drug-likeness (QED) is 0.292. The maximum Gasteiger partial charge on any atom is 0.0930 e. The van der Waals surface area contributed by atoms with Gasteiger partial charge in [0.15, 0.2) is 0 Å². The molecule has 168 valence electrons. The second-order valence-corrected chi connectivity index (χ2v) is 9.57. The molecule has 33 heavy (non-hydrogen) atoms. The molecule has 0 amide bonds. The maximum atomic E-state index is 6.10. The van der Waals surface area contributed by atoms with Crippen LogP contribution in [0, 0.1) is 0 Å². The average Bonchev–Trinajstić information content (AvgIpc) is 3.30. The number of rotatable bonds is 6. The molecule has 1 fully saturated rings. The van der Waals surface area contributed by atoms with E-state index in [1.165, 1.54) is 11.3 Å². The van der Waals surface area contributed by atoms with E-state index in [0.717, 1.165) is 65.9 Å². The zero-order valence-electron chi connectivity index (χ0n) is 18.5. The highest BCUT2D eigenvalue weighted by molar-refractivity contribution is 6.30. The number of piperidine rings is 1. The molecule has 1 aliphatic rings. The molecule has 0 N–H and O–H groups in total. The number of para-hydroxylation sites is 1. The van der Waals surface area contributed by atoms with Gasteiger partial charge in [0.1, 0.15) is 0 Å². The first kappa shape index (κ1) is 22.2. The van der Waals surface area contributed by atoms with E-state index < -0.39 is 0 Å².